The molecule has 32 heavy (non-hydrogen) atoms. The lowest BCUT2D eigenvalue weighted by Gasteiger charge is -2.30. The summed E-state index contributed by atoms with van der Waals surface area (Å²) in [5, 5.41) is 5.38. The zero-order valence-electron chi connectivity index (χ0n) is 17.6. The summed E-state index contributed by atoms with van der Waals surface area (Å²) in [6.45, 7) is -1.11. The van der Waals surface area contributed by atoms with E-state index in [1.807, 2.05) is 0 Å². The molecular formula is C20H28F2N4O5S. The number of amides is 2. The third-order valence-electron chi connectivity index (χ3n) is 5.42. The van der Waals surface area contributed by atoms with Crippen molar-refractivity contribution >= 4 is 27.7 Å². The first-order valence-electron chi connectivity index (χ1n) is 10.7. The number of hydrogen-bond acceptors (Lipinski definition) is 6. The molecule has 2 aliphatic carbocycles. The van der Waals surface area contributed by atoms with Crippen LogP contribution in [0.15, 0.2) is 23.2 Å². The molecule has 0 bridgehead atoms. The molecule has 9 nitrogen and oxygen atoms in total. The van der Waals surface area contributed by atoms with E-state index in [9.17, 15) is 26.8 Å². The van der Waals surface area contributed by atoms with E-state index in [0.717, 1.165) is 57.2 Å². The Morgan fingerprint density at radius 1 is 1.12 bits per heavy atom. The topological polar surface area (TPSA) is 126 Å². The van der Waals surface area contributed by atoms with Crippen LogP contribution in [0.4, 0.5) is 14.6 Å². The van der Waals surface area contributed by atoms with Gasteiger partial charge in [-0.05, 0) is 43.7 Å². The van der Waals surface area contributed by atoms with Gasteiger partial charge in [-0.15, -0.1) is 0 Å². The fraction of sp³-hybridized carbons (Fsp3) is 0.650. The number of carbonyl (C=O) groups excluding carboxylic acids is 2. The second-order valence-electron chi connectivity index (χ2n) is 8.07. The van der Waals surface area contributed by atoms with Crippen molar-refractivity contribution in [1.82, 2.24) is 15.0 Å². The molecule has 0 spiro atoms. The number of nitrogens with zero attached hydrogens (tertiary/aromatic N) is 1. The second-order valence-corrected chi connectivity index (χ2v) is 9.83. The summed E-state index contributed by atoms with van der Waals surface area (Å²) in [5.41, 5.74) is 0. The normalized spacial score (nSPS) is 18.3. The van der Waals surface area contributed by atoms with E-state index in [0.29, 0.717) is 0 Å². The van der Waals surface area contributed by atoms with Gasteiger partial charge in [0.25, 0.3) is 6.43 Å². The zero-order chi connectivity index (χ0) is 23.1. The molecule has 1 aromatic heterocycles. The van der Waals surface area contributed by atoms with Gasteiger partial charge in [0, 0.05) is 6.20 Å². The van der Waals surface area contributed by atoms with Crippen molar-refractivity contribution in [3.05, 3.63) is 18.3 Å². The summed E-state index contributed by atoms with van der Waals surface area (Å²) < 4.78 is 55.7. The number of ether oxygens (including phenoxy) is 1. The summed E-state index contributed by atoms with van der Waals surface area (Å²) >= 11 is 0. The lowest BCUT2D eigenvalue weighted by atomic mass is 9.83. The first-order chi connectivity index (χ1) is 15.2. The SMILES string of the molecule is O=C(COC1CC1)N[C@H](C(=O)Nc1ccc(S(=O)(=O)NCC(F)F)cn1)C1CCCCC1. The van der Waals surface area contributed by atoms with Crippen LogP contribution in [0.1, 0.15) is 44.9 Å². The molecule has 3 N–H and O–H groups in total. The number of anilines is 1. The number of rotatable bonds is 11. The Labute approximate surface area is 185 Å². The number of sulfonamides is 1. The number of pyridine rings is 1. The Bertz CT molecular complexity index is 888. The van der Waals surface area contributed by atoms with E-state index < -0.39 is 34.9 Å². The average Bonchev–Trinajstić information content (AvgIpc) is 3.60. The first kappa shape index (κ1) is 24.5. The van der Waals surface area contributed by atoms with Gasteiger partial charge in [0.2, 0.25) is 21.8 Å². The van der Waals surface area contributed by atoms with Crippen LogP contribution in [-0.2, 0) is 24.3 Å². The number of carbonyl (C=O) groups is 2. The Kier molecular flexibility index (Phi) is 8.49. The van der Waals surface area contributed by atoms with Crippen LogP contribution in [0.2, 0.25) is 0 Å². The highest BCUT2D eigenvalue weighted by Gasteiger charge is 2.32. The molecule has 0 unspecified atom stereocenters. The van der Waals surface area contributed by atoms with Gasteiger partial charge in [-0.3, -0.25) is 9.59 Å². The van der Waals surface area contributed by atoms with E-state index in [4.69, 9.17) is 4.74 Å². The predicted molar refractivity (Wildman–Crippen MR) is 112 cm³/mol. The summed E-state index contributed by atoms with van der Waals surface area (Å²) in [7, 11) is -4.13. The fourth-order valence-corrected chi connectivity index (χ4v) is 4.53. The third-order valence-corrected chi connectivity index (χ3v) is 6.83. The van der Waals surface area contributed by atoms with E-state index in [2.05, 4.69) is 15.6 Å². The Hall–Kier alpha value is -2.18. The van der Waals surface area contributed by atoms with Crippen LogP contribution < -0.4 is 15.4 Å². The fourth-order valence-electron chi connectivity index (χ4n) is 3.58. The van der Waals surface area contributed by atoms with Crippen LogP contribution in [0.3, 0.4) is 0 Å². The van der Waals surface area contributed by atoms with Gasteiger partial charge >= 0.3 is 0 Å². The Morgan fingerprint density at radius 2 is 1.84 bits per heavy atom. The van der Waals surface area contributed by atoms with Gasteiger partial charge in [0.05, 0.1) is 12.6 Å². The lowest BCUT2D eigenvalue weighted by molar-refractivity contribution is -0.131. The molecule has 2 amide bonds. The lowest BCUT2D eigenvalue weighted by Crippen LogP contribution is -2.50. The van der Waals surface area contributed by atoms with Crippen molar-refractivity contribution in [2.75, 3.05) is 18.5 Å². The molecule has 2 fully saturated rings. The largest absolute Gasteiger partial charge is 0.368 e. The van der Waals surface area contributed by atoms with Crippen molar-refractivity contribution in [2.24, 2.45) is 5.92 Å². The Balaban J connectivity index is 1.63. The van der Waals surface area contributed by atoms with Crippen LogP contribution in [0.25, 0.3) is 0 Å². The molecular weight excluding hydrogens is 446 g/mol. The van der Waals surface area contributed by atoms with Gasteiger partial charge in [0.1, 0.15) is 23.4 Å². The minimum Gasteiger partial charge on any atom is -0.368 e. The van der Waals surface area contributed by atoms with Gasteiger partial charge in [-0.25, -0.2) is 26.9 Å². The summed E-state index contributed by atoms with van der Waals surface area (Å²) in [6.07, 6.45) is 4.80. The molecule has 3 rings (SSSR count). The highest BCUT2D eigenvalue weighted by molar-refractivity contribution is 7.89. The quantitative estimate of drug-likeness (QED) is 0.449. The first-order valence-corrected chi connectivity index (χ1v) is 12.2. The monoisotopic (exact) mass is 474 g/mol. The number of aromatic nitrogens is 1. The standard InChI is InChI=1S/C20H28F2N4O5S/c21-16(22)11-24-32(29,30)15-8-9-17(23-10-15)25-20(28)19(13-4-2-1-3-5-13)26-18(27)12-31-14-6-7-14/h8-10,13-14,16,19,24H,1-7,11-12H2,(H,26,27)(H,23,25,28)/t19-/m0/s1. The van der Waals surface area contributed by atoms with Gasteiger partial charge in [0.15, 0.2) is 0 Å². The van der Waals surface area contributed by atoms with Crippen molar-refractivity contribution < 1.29 is 31.5 Å². The average molecular weight is 475 g/mol. The van der Waals surface area contributed by atoms with Crippen LogP contribution in [0, 0.1) is 5.92 Å². The molecule has 0 radical (unpaired) electrons. The maximum Gasteiger partial charge on any atom is 0.251 e. The van der Waals surface area contributed by atoms with Crippen molar-refractivity contribution in [3.8, 4) is 0 Å². The molecule has 178 valence electrons. The molecule has 2 aliphatic rings. The summed E-state index contributed by atoms with van der Waals surface area (Å²) in [6, 6.07) is 1.67. The maximum absolute atomic E-state index is 12.9. The highest BCUT2D eigenvalue weighted by Crippen LogP contribution is 2.27. The van der Waals surface area contributed by atoms with Crippen molar-refractivity contribution in [3.63, 3.8) is 0 Å². The molecule has 0 aliphatic heterocycles. The minimum atomic E-state index is -4.13. The van der Waals surface area contributed by atoms with E-state index >= 15 is 0 Å². The van der Waals surface area contributed by atoms with Crippen LogP contribution in [-0.4, -0.2) is 56.9 Å². The van der Waals surface area contributed by atoms with Gasteiger partial charge in [-0.2, -0.15) is 0 Å². The number of halogens is 2. The van der Waals surface area contributed by atoms with Crippen molar-refractivity contribution in [2.45, 2.75) is 68.4 Å². The molecule has 1 heterocycles. The maximum atomic E-state index is 12.9. The highest BCUT2D eigenvalue weighted by atomic mass is 32.2. The third kappa shape index (κ3) is 7.45. The molecule has 0 aromatic carbocycles. The smallest absolute Gasteiger partial charge is 0.251 e. The van der Waals surface area contributed by atoms with Crippen LogP contribution >= 0.6 is 0 Å². The number of nitrogens with one attached hydrogen (secondary N) is 3. The van der Waals surface area contributed by atoms with Gasteiger partial charge < -0.3 is 15.4 Å². The molecule has 0 saturated heterocycles. The summed E-state index contributed by atoms with van der Waals surface area (Å²) in [4.78, 5) is 28.8. The van der Waals surface area contributed by atoms with Gasteiger partial charge in [-0.1, -0.05) is 19.3 Å². The molecule has 1 aromatic rings. The van der Waals surface area contributed by atoms with Crippen molar-refractivity contribution in [1.29, 1.82) is 0 Å². The Morgan fingerprint density at radius 3 is 2.44 bits per heavy atom. The molecule has 2 saturated carbocycles. The molecule has 1 atom stereocenters. The van der Waals surface area contributed by atoms with E-state index in [1.54, 1.807) is 4.72 Å². The predicted octanol–water partition coefficient (Wildman–Crippen LogP) is 1.81. The van der Waals surface area contributed by atoms with E-state index in [-0.39, 0.29) is 35.2 Å². The summed E-state index contributed by atoms with van der Waals surface area (Å²) in [5.74, 6) is -0.739. The van der Waals surface area contributed by atoms with Crippen LogP contribution in [0.5, 0.6) is 0 Å². The second kappa shape index (κ2) is 11.1. The zero-order valence-corrected chi connectivity index (χ0v) is 18.4. The number of alkyl halides is 2. The number of hydrogen-bond donors (Lipinski definition) is 3. The molecule has 12 heteroatoms. The minimum absolute atomic E-state index is 0.0215. The van der Waals surface area contributed by atoms with E-state index in [1.165, 1.54) is 6.07 Å².